The van der Waals surface area contributed by atoms with Crippen molar-refractivity contribution in [1.29, 1.82) is 0 Å². The van der Waals surface area contributed by atoms with Gasteiger partial charge in [0, 0.05) is 6.54 Å². The summed E-state index contributed by atoms with van der Waals surface area (Å²) in [6, 6.07) is -2.38. The minimum absolute atomic E-state index is 0.0967. The molecule has 0 aliphatic carbocycles. The highest BCUT2D eigenvalue weighted by Crippen LogP contribution is 2.31. The molecular formula is C14H25N2O19S3-3. The van der Waals surface area contributed by atoms with E-state index in [9.17, 15) is 59.3 Å². The van der Waals surface area contributed by atoms with Gasteiger partial charge in [-0.25, -0.2) is 30.0 Å². The summed E-state index contributed by atoms with van der Waals surface area (Å²) in [7, 11) is -16.6. The fourth-order valence-corrected chi connectivity index (χ4v) is 4.95. The topological polar surface area (TPSA) is 346 Å². The van der Waals surface area contributed by atoms with Crippen molar-refractivity contribution >= 4 is 31.1 Å². The average molecular weight is 622 g/mol. The van der Waals surface area contributed by atoms with Crippen LogP contribution < -0.4 is 10.5 Å². The second kappa shape index (κ2) is 13.3. The highest BCUT2D eigenvalue weighted by molar-refractivity contribution is 7.83. The molecule has 0 unspecified atom stereocenters. The lowest BCUT2D eigenvalue weighted by molar-refractivity contribution is -0.344. The fourth-order valence-electron chi connectivity index (χ4n) is 3.56. The van der Waals surface area contributed by atoms with Crippen LogP contribution in [0.2, 0.25) is 0 Å². The monoisotopic (exact) mass is 621 g/mol. The van der Waals surface area contributed by atoms with Crippen molar-refractivity contribution in [3.8, 4) is 0 Å². The summed E-state index contributed by atoms with van der Waals surface area (Å²) in [5, 5.41) is 40.7. The van der Waals surface area contributed by atoms with E-state index in [0.717, 1.165) is 0 Å². The van der Waals surface area contributed by atoms with Gasteiger partial charge in [-0.3, -0.25) is 8.37 Å². The van der Waals surface area contributed by atoms with Crippen LogP contribution in [0.1, 0.15) is 0 Å². The molecule has 0 saturated carbocycles. The van der Waals surface area contributed by atoms with E-state index in [-0.39, 0.29) is 13.2 Å². The highest BCUT2D eigenvalue weighted by Gasteiger charge is 2.53. The number of aliphatic hydroxyl groups is 4. The molecule has 0 aromatic rings. The summed E-state index contributed by atoms with van der Waals surface area (Å²) in [6.07, 6.45) is -18.6. The Morgan fingerprint density at radius 1 is 0.842 bits per heavy atom. The Balaban J connectivity index is 2.46. The lowest BCUT2D eigenvalue weighted by atomic mass is 9.96. The van der Waals surface area contributed by atoms with Gasteiger partial charge in [0.25, 0.3) is 0 Å². The van der Waals surface area contributed by atoms with Crippen LogP contribution >= 0.6 is 0 Å². The van der Waals surface area contributed by atoms with Crippen LogP contribution in [0.15, 0.2) is 0 Å². The van der Waals surface area contributed by atoms with Gasteiger partial charge >= 0.3 is 0 Å². The SMILES string of the molecule is NCCO[C@@H]1O[C@H](COS(=O)(=O)[O-])[C@@H](O[C@H]2O[C@H](CO)[C@@H](O)[C@H](OS(=O)(=O)[O-])[C@H]2NS(=O)(=O)[O-])[C@H](O)[C@H]1O. The summed E-state index contributed by atoms with van der Waals surface area (Å²) in [5.41, 5.74) is 5.28. The number of hydrogen-bond acceptors (Lipinski definition) is 20. The Hall–Kier alpha value is -0.750. The predicted octanol–water partition coefficient (Wildman–Crippen LogP) is -7.39. The van der Waals surface area contributed by atoms with E-state index < -0.39 is 106 Å². The van der Waals surface area contributed by atoms with E-state index >= 15 is 0 Å². The summed E-state index contributed by atoms with van der Waals surface area (Å²) in [6.45, 7) is -2.67. The predicted molar refractivity (Wildman–Crippen MR) is 109 cm³/mol. The van der Waals surface area contributed by atoms with E-state index in [2.05, 4.69) is 8.37 Å². The van der Waals surface area contributed by atoms with Crippen molar-refractivity contribution in [2.24, 2.45) is 5.73 Å². The maximum Gasteiger partial charge on any atom is 0.218 e. The van der Waals surface area contributed by atoms with E-state index in [0.29, 0.717) is 0 Å². The minimum Gasteiger partial charge on any atom is -0.735 e. The molecule has 2 aliphatic heterocycles. The zero-order valence-corrected chi connectivity index (χ0v) is 21.3. The fraction of sp³-hybridized carbons (Fsp3) is 1.00. The number of hydrogen-bond donors (Lipinski definition) is 6. The van der Waals surface area contributed by atoms with Gasteiger partial charge in [-0.2, -0.15) is 0 Å². The molecule has 0 aromatic heterocycles. The molecule has 0 aromatic carbocycles. The number of ether oxygens (including phenoxy) is 4. The van der Waals surface area contributed by atoms with Gasteiger partial charge in [-0.05, 0) is 0 Å². The standard InChI is InChI=1S/C14H28N2O19S3/c15-1-2-30-14-10(20)9(19)11(6(33-14)4-31-37(24,25)26)34-13-7(16-36(21,22)23)12(35-38(27,28)29)8(18)5(3-17)32-13/h5-14,16-20H,1-4,15H2,(H,21,22,23)(H,24,25,26)(H,27,28,29)/p-3/t5-,6-,7-,8-,9-,10-,11-,12-,13-,14-/m1/s1. The van der Waals surface area contributed by atoms with Gasteiger partial charge in [-0.1, -0.05) is 0 Å². The van der Waals surface area contributed by atoms with Crippen LogP contribution in [0.3, 0.4) is 0 Å². The summed E-state index contributed by atoms with van der Waals surface area (Å²) in [4.78, 5) is 0. The third kappa shape index (κ3) is 9.71. The summed E-state index contributed by atoms with van der Waals surface area (Å²) >= 11 is 0. The van der Waals surface area contributed by atoms with Crippen molar-refractivity contribution in [3.63, 3.8) is 0 Å². The normalized spacial score (nSPS) is 37.3. The number of nitrogens with one attached hydrogen (secondary N) is 1. The van der Waals surface area contributed by atoms with E-state index in [1.807, 2.05) is 0 Å². The molecule has 38 heavy (non-hydrogen) atoms. The molecule has 21 nitrogen and oxygen atoms in total. The third-order valence-corrected chi connectivity index (χ3v) is 6.52. The molecule has 226 valence electrons. The Morgan fingerprint density at radius 3 is 1.95 bits per heavy atom. The zero-order valence-electron chi connectivity index (χ0n) is 18.8. The first-order chi connectivity index (χ1) is 17.4. The molecule has 2 aliphatic rings. The van der Waals surface area contributed by atoms with Crippen LogP contribution in [-0.2, 0) is 58.4 Å². The Kier molecular flexibility index (Phi) is 11.7. The van der Waals surface area contributed by atoms with Crippen molar-refractivity contribution in [3.05, 3.63) is 0 Å². The molecule has 2 saturated heterocycles. The molecule has 2 heterocycles. The van der Waals surface area contributed by atoms with Crippen LogP contribution in [0, 0.1) is 0 Å². The Labute approximate surface area is 216 Å². The number of aliphatic hydroxyl groups excluding tert-OH is 4. The van der Waals surface area contributed by atoms with Gasteiger partial charge in [0.15, 0.2) is 22.9 Å². The molecule has 2 rings (SSSR count). The Bertz CT molecular complexity index is 1090. The number of rotatable bonds is 13. The average Bonchev–Trinajstić information content (AvgIpc) is 2.77. The summed E-state index contributed by atoms with van der Waals surface area (Å²) < 4.78 is 131. The van der Waals surface area contributed by atoms with E-state index in [1.54, 1.807) is 0 Å². The van der Waals surface area contributed by atoms with Crippen molar-refractivity contribution in [2.75, 3.05) is 26.4 Å². The molecule has 24 heteroatoms. The molecule has 0 bridgehead atoms. The third-order valence-electron chi connectivity index (χ3n) is 5.07. The summed E-state index contributed by atoms with van der Waals surface area (Å²) in [5.74, 6) is 0. The zero-order chi connectivity index (χ0) is 29.1. The van der Waals surface area contributed by atoms with Gasteiger partial charge in [-0.15, -0.1) is 0 Å². The molecule has 0 amide bonds. The second-order valence-corrected chi connectivity index (χ2v) is 11.0. The van der Waals surface area contributed by atoms with Crippen molar-refractivity contribution in [1.82, 2.24) is 4.72 Å². The highest BCUT2D eigenvalue weighted by atomic mass is 32.3. The maximum atomic E-state index is 11.4. The first-order valence-electron chi connectivity index (χ1n) is 10.3. The largest absolute Gasteiger partial charge is 0.735 e. The van der Waals surface area contributed by atoms with Gasteiger partial charge in [0.2, 0.25) is 20.8 Å². The Morgan fingerprint density at radius 2 is 1.45 bits per heavy atom. The van der Waals surface area contributed by atoms with E-state index in [4.69, 9.17) is 24.7 Å². The van der Waals surface area contributed by atoms with Crippen LogP contribution in [0.4, 0.5) is 0 Å². The first kappa shape index (κ1) is 33.5. The molecular weight excluding hydrogens is 596 g/mol. The van der Waals surface area contributed by atoms with Gasteiger partial charge < -0.3 is 58.8 Å². The van der Waals surface area contributed by atoms with Crippen molar-refractivity contribution < 1.29 is 86.7 Å². The van der Waals surface area contributed by atoms with Crippen LogP contribution in [0.5, 0.6) is 0 Å². The maximum absolute atomic E-state index is 11.4. The molecule has 2 fully saturated rings. The van der Waals surface area contributed by atoms with Crippen molar-refractivity contribution in [2.45, 2.75) is 61.3 Å². The smallest absolute Gasteiger partial charge is 0.218 e. The molecule has 10 atom stereocenters. The van der Waals surface area contributed by atoms with E-state index in [1.165, 1.54) is 4.72 Å². The quantitative estimate of drug-likeness (QED) is 0.0821. The molecule has 0 spiro atoms. The molecule has 7 N–H and O–H groups in total. The lowest BCUT2D eigenvalue weighted by Gasteiger charge is -2.48. The second-order valence-electron chi connectivity index (χ2n) is 7.76. The van der Waals surface area contributed by atoms with Gasteiger partial charge in [0.1, 0.15) is 48.8 Å². The minimum atomic E-state index is -5.71. The van der Waals surface area contributed by atoms with Crippen LogP contribution in [-0.4, -0.2) is 147 Å². The van der Waals surface area contributed by atoms with Crippen LogP contribution in [0.25, 0.3) is 0 Å². The number of nitrogens with two attached hydrogens (primary N) is 1. The van der Waals surface area contributed by atoms with Gasteiger partial charge in [0.05, 0.1) is 19.8 Å². The first-order valence-corrected chi connectivity index (χ1v) is 14.3. The lowest BCUT2D eigenvalue weighted by Crippen LogP contribution is -2.68. The molecule has 0 radical (unpaired) electrons.